The average molecular weight is 439 g/mol. The Labute approximate surface area is 186 Å². The van der Waals surface area contributed by atoms with Crippen molar-refractivity contribution < 1.29 is 19.4 Å². The van der Waals surface area contributed by atoms with Crippen molar-refractivity contribution in [1.29, 1.82) is 0 Å². The Balaban J connectivity index is 1.39. The monoisotopic (exact) mass is 438 g/mol. The minimum absolute atomic E-state index is 0.0621. The summed E-state index contributed by atoms with van der Waals surface area (Å²) in [5.74, 6) is 0.642. The SMILES string of the molecule is C[Si](C)(C)CCOC(=O)C1C2CCC1C(O)(c1ccc(OCc3ccccc3)cc1)C2. The molecular weight excluding hydrogens is 404 g/mol. The highest BCUT2D eigenvalue weighted by atomic mass is 28.3. The van der Waals surface area contributed by atoms with Gasteiger partial charge >= 0.3 is 5.97 Å². The van der Waals surface area contributed by atoms with Crippen LogP contribution in [0.5, 0.6) is 5.75 Å². The Hall–Kier alpha value is -2.11. The minimum atomic E-state index is -1.24. The van der Waals surface area contributed by atoms with Gasteiger partial charge in [-0.2, -0.15) is 0 Å². The molecule has 0 aromatic heterocycles. The van der Waals surface area contributed by atoms with Gasteiger partial charge in [0, 0.05) is 14.0 Å². The lowest BCUT2D eigenvalue weighted by Crippen LogP contribution is -2.35. The Morgan fingerprint density at radius 2 is 1.77 bits per heavy atom. The van der Waals surface area contributed by atoms with Gasteiger partial charge in [0.2, 0.25) is 0 Å². The molecule has 4 unspecified atom stereocenters. The van der Waals surface area contributed by atoms with Crippen molar-refractivity contribution >= 4 is 14.0 Å². The third kappa shape index (κ3) is 4.88. The number of ether oxygens (including phenoxy) is 2. The second kappa shape index (κ2) is 8.79. The largest absolute Gasteiger partial charge is 0.489 e. The van der Waals surface area contributed by atoms with Crippen molar-refractivity contribution in [2.75, 3.05) is 6.61 Å². The molecule has 0 radical (unpaired) electrons. The van der Waals surface area contributed by atoms with Crippen LogP contribution in [0.1, 0.15) is 30.4 Å². The van der Waals surface area contributed by atoms with Gasteiger partial charge in [0.05, 0.1) is 18.1 Å². The number of carbonyl (C=O) groups is 1. The van der Waals surface area contributed by atoms with Crippen LogP contribution in [0.25, 0.3) is 0 Å². The number of hydrogen-bond acceptors (Lipinski definition) is 4. The first kappa shape index (κ1) is 22.1. The lowest BCUT2D eigenvalue weighted by atomic mass is 9.78. The Bertz CT molecular complexity index is 890. The van der Waals surface area contributed by atoms with Crippen molar-refractivity contribution in [3.05, 3.63) is 65.7 Å². The number of esters is 1. The van der Waals surface area contributed by atoms with E-state index in [9.17, 15) is 9.90 Å². The van der Waals surface area contributed by atoms with Gasteiger partial charge in [0.1, 0.15) is 12.4 Å². The molecule has 4 rings (SSSR count). The van der Waals surface area contributed by atoms with Crippen LogP contribution >= 0.6 is 0 Å². The van der Waals surface area contributed by atoms with Gasteiger partial charge < -0.3 is 14.6 Å². The zero-order valence-corrected chi connectivity index (χ0v) is 19.8. The molecule has 4 atom stereocenters. The quantitative estimate of drug-likeness (QED) is 0.444. The van der Waals surface area contributed by atoms with Crippen LogP contribution in [0.3, 0.4) is 0 Å². The maximum atomic E-state index is 12.8. The maximum absolute atomic E-state index is 12.8. The summed E-state index contributed by atoms with van der Waals surface area (Å²) >= 11 is 0. The summed E-state index contributed by atoms with van der Waals surface area (Å²) in [4.78, 5) is 12.8. The standard InChI is InChI=1S/C26H34O4Si/c1-31(2,3)16-15-29-25(27)24-20-9-14-23(24)26(28,17-20)21-10-12-22(13-11-21)30-18-19-7-5-4-6-8-19/h4-8,10-13,20,23-24,28H,9,14-18H2,1-3H3. The molecule has 0 saturated heterocycles. The lowest BCUT2D eigenvalue weighted by Gasteiger charge is -2.33. The molecule has 2 aliphatic rings. The predicted molar refractivity (Wildman–Crippen MR) is 125 cm³/mol. The van der Waals surface area contributed by atoms with Crippen LogP contribution in [0.2, 0.25) is 25.7 Å². The van der Waals surface area contributed by atoms with Crippen molar-refractivity contribution in [2.45, 2.75) is 57.2 Å². The third-order valence-corrected chi connectivity index (χ3v) is 8.65. The molecule has 2 fully saturated rings. The van der Waals surface area contributed by atoms with Crippen LogP contribution in [0.15, 0.2) is 54.6 Å². The molecular formula is C26H34O4Si. The molecule has 0 heterocycles. The lowest BCUT2D eigenvalue weighted by molar-refractivity contribution is -0.151. The summed E-state index contributed by atoms with van der Waals surface area (Å²) in [5, 5.41) is 11.6. The van der Waals surface area contributed by atoms with E-state index in [-0.39, 0.29) is 23.7 Å². The van der Waals surface area contributed by atoms with Gasteiger partial charge in [-0.25, -0.2) is 0 Å². The molecule has 1 N–H and O–H groups in total. The molecule has 0 aliphatic heterocycles. The second-order valence-corrected chi connectivity index (χ2v) is 16.0. The van der Waals surface area contributed by atoms with E-state index in [2.05, 4.69) is 19.6 Å². The van der Waals surface area contributed by atoms with Crippen LogP contribution < -0.4 is 4.74 Å². The van der Waals surface area contributed by atoms with E-state index < -0.39 is 13.7 Å². The van der Waals surface area contributed by atoms with Gasteiger partial charge in [-0.05, 0) is 54.5 Å². The molecule has 2 aromatic carbocycles. The van der Waals surface area contributed by atoms with Gasteiger partial charge in [0.15, 0.2) is 0 Å². The van der Waals surface area contributed by atoms with Crippen molar-refractivity contribution in [3.63, 3.8) is 0 Å². The van der Waals surface area contributed by atoms with Gasteiger partial charge in [-0.15, -0.1) is 0 Å². The summed E-state index contributed by atoms with van der Waals surface area (Å²) < 4.78 is 11.6. The van der Waals surface area contributed by atoms with Gasteiger partial charge in [-0.1, -0.05) is 62.1 Å². The first-order valence-electron chi connectivity index (χ1n) is 11.4. The van der Waals surface area contributed by atoms with E-state index in [0.29, 0.717) is 19.6 Å². The maximum Gasteiger partial charge on any atom is 0.309 e. The van der Waals surface area contributed by atoms with Crippen LogP contribution in [-0.2, 0) is 21.7 Å². The summed E-state index contributed by atoms with van der Waals surface area (Å²) in [6, 6.07) is 18.8. The topological polar surface area (TPSA) is 55.8 Å². The number of aliphatic hydroxyl groups is 1. The summed E-state index contributed by atoms with van der Waals surface area (Å²) in [6.45, 7) is 7.88. The fourth-order valence-corrected chi connectivity index (χ4v) is 5.94. The molecule has 0 spiro atoms. The zero-order chi connectivity index (χ0) is 22.1. The summed E-state index contributed by atoms with van der Waals surface area (Å²) in [7, 11) is -1.24. The number of rotatable bonds is 8. The van der Waals surface area contributed by atoms with Crippen molar-refractivity contribution in [1.82, 2.24) is 0 Å². The number of benzene rings is 2. The Morgan fingerprint density at radius 3 is 2.45 bits per heavy atom. The highest BCUT2D eigenvalue weighted by Crippen LogP contribution is 2.59. The summed E-state index contributed by atoms with van der Waals surface area (Å²) in [5.41, 5.74) is 1.05. The second-order valence-electron chi connectivity index (χ2n) is 10.4. The Kier molecular flexibility index (Phi) is 6.27. The number of hydrogen-bond donors (Lipinski definition) is 1. The fraction of sp³-hybridized carbons (Fsp3) is 0.500. The molecule has 4 nitrogen and oxygen atoms in total. The molecule has 31 heavy (non-hydrogen) atoms. The minimum Gasteiger partial charge on any atom is -0.489 e. The molecule has 2 aliphatic carbocycles. The molecule has 166 valence electrons. The van der Waals surface area contributed by atoms with Crippen molar-refractivity contribution in [3.8, 4) is 5.75 Å². The molecule has 5 heteroatoms. The average Bonchev–Trinajstić information content (AvgIpc) is 3.28. The smallest absolute Gasteiger partial charge is 0.309 e. The van der Waals surface area contributed by atoms with Crippen LogP contribution in [0.4, 0.5) is 0 Å². The summed E-state index contributed by atoms with van der Waals surface area (Å²) in [6.07, 6.45) is 2.51. The third-order valence-electron chi connectivity index (χ3n) is 6.95. The number of carbonyl (C=O) groups excluding carboxylic acids is 1. The molecule has 0 amide bonds. The fourth-order valence-electron chi connectivity index (χ4n) is 5.22. The normalized spacial score (nSPS) is 27.3. The van der Waals surface area contributed by atoms with Gasteiger partial charge in [-0.3, -0.25) is 4.79 Å². The van der Waals surface area contributed by atoms with E-state index in [4.69, 9.17) is 9.47 Å². The predicted octanol–water partition coefficient (Wildman–Crippen LogP) is 5.38. The highest BCUT2D eigenvalue weighted by molar-refractivity contribution is 6.76. The number of fused-ring (bicyclic) bond motifs is 2. The zero-order valence-electron chi connectivity index (χ0n) is 18.8. The first-order chi connectivity index (χ1) is 14.8. The van der Waals surface area contributed by atoms with E-state index in [1.54, 1.807) is 0 Å². The van der Waals surface area contributed by atoms with Crippen LogP contribution in [-0.4, -0.2) is 25.8 Å². The van der Waals surface area contributed by atoms with E-state index in [1.165, 1.54) is 0 Å². The van der Waals surface area contributed by atoms with E-state index in [1.807, 2.05) is 54.6 Å². The van der Waals surface area contributed by atoms with Crippen molar-refractivity contribution in [2.24, 2.45) is 17.8 Å². The van der Waals surface area contributed by atoms with Crippen LogP contribution in [0, 0.1) is 17.8 Å². The molecule has 2 bridgehead atoms. The Morgan fingerprint density at radius 1 is 1.06 bits per heavy atom. The molecule has 2 aromatic rings. The first-order valence-corrected chi connectivity index (χ1v) is 15.1. The highest BCUT2D eigenvalue weighted by Gasteiger charge is 2.60. The van der Waals surface area contributed by atoms with E-state index in [0.717, 1.165) is 35.8 Å². The van der Waals surface area contributed by atoms with E-state index >= 15 is 0 Å². The van der Waals surface area contributed by atoms with Gasteiger partial charge in [0.25, 0.3) is 0 Å². The molecule has 2 saturated carbocycles.